The van der Waals surface area contributed by atoms with Crippen LogP contribution in [0, 0.1) is 13.8 Å². The highest BCUT2D eigenvalue weighted by Gasteiger charge is 2.00. The van der Waals surface area contributed by atoms with Gasteiger partial charge in [-0.3, -0.25) is 0 Å². The second-order valence-corrected chi connectivity index (χ2v) is 4.13. The Bertz CT molecular complexity index is 367. The van der Waals surface area contributed by atoms with E-state index in [0.29, 0.717) is 0 Å². The van der Waals surface area contributed by atoms with Crippen molar-refractivity contribution in [3.63, 3.8) is 0 Å². The molecule has 0 heterocycles. The molecular weight excluding hydrogens is 186 g/mol. The van der Waals surface area contributed by atoms with E-state index in [1.54, 1.807) is 0 Å². The summed E-state index contributed by atoms with van der Waals surface area (Å²) in [5.41, 5.74) is 4.63. The van der Waals surface area contributed by atoms with Crippen LogP contribution in [0.3, 0.4) is 0 Å². The van der Waals surface area contributed by atoms with Crippen LogP contribution in [-0.2, 0) is 4.84 Å². The fraction of sp³-hybridized carbons (Fsp3) is 0.462. The van der Waals surface area contributed by atoms with Crippen LogP contribution in [0.5, 0.6) is 0 Å². The topological polar surface area (TPSA) is 21.6 Å². The van der Waals surface area contributed by atoms with E-state index in [-0.39, 0.29) is 6.10 Å². The lowest BCUT2D eigenvalue weighted by Gasteiger charge is -2.06. The van der Waals surface area contributed by atoms with Gasteiger partial charge in [-0.05, 0) is 57.4 Å². The van der Waals surface area contributed by atoms with Crippen molar-refractivity contribution in [2.24, 2.45) is 5.16 Å². The van der Waals surface area contributed by atoms with Crippen LogP contribution in [0.15, 0.2) is 23.4 Å². The molecule has 2 heteroatoms. The van der Waals surface area contributed by atoms with Gasteiger partial charge >= 0.3 is 0 Å². The molecule has 0 spiro atoms. The smallest absolute Gasteiger partial charge is 0.122 e. The molecule has 0 aromatic heterocycles. The molecule has 0 saturated carbocycles. The molecule has 0 amide bonds. The zero-order valence-corrected chi connectivity index (χ0v) is 10.2. The van der Waals surface area contributed by atoms with E-state index in [4.69, 9.17) is 4.84 Å². The van der Waals surface area contributed by atoms with Crippen LogP contribution in [0.4, 0.5) is 0 Å². The minimum atomic E-state index is 0.131. The molecule has 0 aliphatic carbocycles. The summed E-state index contributed by atoms with van der Waals surface area (Å²) in [4.78, 5) is 5.22. The van der Waals surface area contributed by atoms with Gasteiger partial charge in [0.1, 0.15) is 6.10 Å². The molecule has 0 saturated heterocycles. The SMILES string of the molecule is C/C(=N/OC(C)C)c1ccc(C)c(C)c1. The van der Waals surface area contributed by atoms with E-state index in [1.165, 1.54) is 11.1 Å². The molecule has 2 nitrogen and oxygen atoms in total. The molecule has 1 aromatic carbocycles. The first-order valence-electron chi connectivity index (χ1n) is 5.28. The second-order valence-electron chi connectivity index (χ2n) is 4.13. The molecule has 1 aromatic rings. The van der Waals surface area contributed by atoms with Gasteiger partial charge in [-0.2, -0.15) is 0 Å². The summed E-state index contributed by atoms with van der Waals surface area (Å²) in [5, 5.41) is 4.08. The Labute approximate surface area is 91.9 Å². The molecule has 82 valence electrons. The predicted octanol–water partition coefficient (Wildman–Crippen LogP) is 3.45. The van der Waals surface area contributed by atoms with Gasteiger partial charge in [0.15, 0.2) is 0 Å². The number of aryl methyl sites for hydroxylation is 2. The Morgan fingerprint density at radius 3 is 2.40 bits per heavy atom. The maximum absolute atomic E-state index is 5.22. The normalized spacial score (nSPS) is 12.0. The minimum absolute atomic E-state index is 0.131. The van der Waals surface area contributed by atoms with Crippen LogP contribution in [0.2, 0.25) is 0 Å². The molecule has 0 atom stereocenters. The molecule has 15 heavy (non-hydrogen) atoms. The van der Waals surface area contributed by atoms with E-state index in [0.717, 1.165) is 11.3 Å². The molecule has 0 aliphatic rings. The van der Waals surface area contributed by atoms with Crippen LogP contribution in [0.1, 0.15) is 37.5 Å². The monoisotopic (exact) mass is 205 g/mol. The van der Waals surface area contributed by atoms with Gasteiger partial charge in [0.2, 0.25) is 0 Å². The third-order valence-corrected chi connectivity index (χ3v) is 2.33. The molecule has 0 fully saturated rings. The predicted molar refractivity (Wildman–Crippen MR) is 64.3 cm³/mol. The lowest BCUT2D eigenvalue weighted by molar-refractivity contribution is 0.0860. The zero-order chi connectivity index (χ0) is 11.4. The number of benzene rings is 1. The quantitative estimate of drug-likeness (QED) is 0.547. The zero-order valence-electron chi connectivity index (χ0n) is 10.2. The molecule has 0 unspecified atom stereocenters. The molecule has 0 aliphatic heterocycles. The Balaban J connectivity index is 2.87. The van der Waals surface area contributed by atoms with Gasteiger partial charge in [0.25, 0.3) is 0 Å². The van der Waals surface area contributed by atoms with Crippen LogP contribution >= 0.6 is 0 Å². The van der Waals surface area contributed by atoms with Gasteiger partial charge in [-0.1, -0.05) is 17.3 Å². The average molecular weight is 205 g/mol. The van der Waals surface area contributed by atoms with Crippen molar-refractivity contribution in [1.82, 2.24) is 0 Å². The van der Waals surface area contributed by atoms with Crippen molar-refractivity contribution < 1.29 is 4.84 Å². The first-order valence-corrected chi connectivity index (χ1v) is 5.28. The van der Waals surface area contributed by atoms with Crippen LogP contribution in [-0.4, -0.2) is 11.8 Å². The average Bonchev–Trinajstić information content (AvgIpc) is 2.18. The highest BCUT2D eigenvalue weighted by atomic mass is 16.6. The van der Waals surface area contributed by atoms with Gasteiger partial charge in [0.05, 0.1) is 5.71 Å². The third kappa shape index (κ3) is 3.39. The maximum Gasteiger partial charge on any atom is 0.122 e. The van der Waals surface area contributed by atoms with Crippen molar-refractivity contribution in [1.29, 1.82) is 0 Å². The van der Waals surface area contributed by atoms with Crippen LogP contribution < -0.4 is 0 Å². The highest BCUT2D eigenvalue weighted by Crippen LogP contribution is 2.11. The Morgan fingerprint density at radius 2 is 1.87 bits per heavy atom. The van der Waals surface area contributed by atoms with Gasteiger partial charge in [-0.25, -0.2) is 0 Å². The van der Waals surface area contributed by atoms with Crippen molar-refractivity contribution in [2.45, 2.75) is 40.7 Å². The molecule has 0 N–H and O–H groups in total. The van der Waals surface area contributed by atoms with Crippen molar-refractivity contribution in [2.75, 3.05) is 0 Å². The van der Waals surface area contributed by atoms with E-state index < -0.39 is 0 Å². The number of hydrogen-bond donors (Lipinski definition) is 0. The van der Waals surface area contributed by atoms with E-state index in [9.17, 15) is 0 Å². The second kappa shape index (κ2) is 4.96. The van der Waals surface area contributed by atoms with Gasteiger partial charge < -0.3 is 4.84 Å². The lowest BCUT2D eigenvalue weighted by Crippen LogP contribution is -2.02. The third-order valence-electron chi connectivity index (χ3n) is 2.33. The first-order chi connectivity index (χ1) is 7.00. The first kappa shape index (κ1) is 11.8. The molecule has 0 radical (unpaired) electrons. The molecule has 1 rings (SSSR count). The van der Waals surface area contributed by atoms with Gasteiger partial charge in [0, 0.05) is 0 Å². The number of nitrogens with zero attached hydrogens (tertiary/aromatic N) is 1. The number of rotatable bonds is 3. The summed E-state index contributed by atoms with van der Waals surface area (Å²) in [6.07, 6.45) is 0.131. The lowest BCUT2D eigenvalue weighted by atomic mass is 10.0. The fourth-order valence-corrected chi connectivity index (χ4v) is 1.20. The van der Waals surface area contributed by atoms with E-state index in [1.807, 2.05) is 20.8 Å². The summed E-state index contributed by atoms with van der Waals surface area (Å²) in [6, 6.07) is 6.32. The minimum Gasteiger partial charge on any atom is -0.393 e. The highest BCUT2D eigenvalue weighted by molar-refractivity contribution is 5.98. The standard InChI is InChI=1S/C13H19NO/c1-9(2)15-14-12(5)13-7-6-10(3)11(4)8-13/h6-9H,1-5H3/b14-12-. The summed E-state index contributed by atoms with van der Waals surface area (Å²) < 4.78 is 0. The summed E-state index contributed by atoms with van der Waals surface area (Å²) in [7, 11) is 0. The summed E-state index contributed by atoms with van der Waals surface area (Å²) in [6.45, 7) is 10.1. The van der Waals surface area contributed by atoms with Crippen molar-refractivity contribution >= 4 is 5.71 Å². The van der Waals surface area contributed by atoms with E-state index in [2.05, 4.69) is 37.2 Å². The van der Waals surface area contributed by atoms with Gasteiger partial charge in [-0.15, -0.1) is 0 Å². The summed E-state index contributed by atoms with van der Waals surface area (Å²) >= 11 is 0. The molecule has 0 bridgehead atoms. The Morgan fingerprint density at radius 1 is 1.20 bits per heavy atom. The largest absolute Gasteiger partial charge is 0.393 e. The number of oxime groups is 1. The summed E-state index contributed by atoms with van der Waals surface area (Å²) in [5.74, 6) is 0. The van der Waals surface area contributed by atoms with E-state index >= 15 is 0 Å². The molecular formula is C13H19NO. The van der Waals surface area contributed by atoms with Crippen molar-refractivity contribution in [3.05, 3.63) is 34.9 Å². The van der Waals surface area contributed by atoms with Crippen molar-refractivity contribution in [3.8, 4) is 0 Å². The maximum atomic E-state index is 5.22. The fourth-order valence-electron chi connectivity index (χ4n) is 1.20. The van der Waals surface area contributed by atoms with Crippen LogP contribution in [0.25, 0.3) is 0 Å². The Hall–Kier alpha value is -1.31. The Kier molecular flexibility index (Phi) is 3.89. The number of hydrogen-bond acceptors (Lipinski definition) is 2.